The Labute approximate surface area is 151 Å². The van der Waals surface area contributed by atoms with Gasteiger partial charge in [0.25, 0.3) is 0 Å². The van der Waals surface area contributed by atoms with Crippen LogP contribution in [-0.4, -0.2) is 63.1 Å². The smallest absolute Gasteiger partial charge is 0.813 e. The van der Waals surface area contributed by atoms with Crippen LogP contribution in [0, 0.1) is 0 Å². The topological polar surface area (TPSA) is 0 Å². The molecule has 0 N–H and O–H groups in total. The third-order valence-corrected chi connectivity index (χ3v) is 0. The van der Waals surface area contributed by atoms with E-state index in [1.807, 2.05) is 0 Å². The van der Waals surface area contributed by atoms with E-state index in [1.54, 1.807) is 0 Å². The summed E-state index contributed by atoms with van der Waals surface area (Å²) in [5.74, 6) is 0. The molecule has 8 heteroatoms. The van der Waals surface area contributed by atoms with E-state index in [9.17, 15) is 0 Å². The summed E-state index contributed by atoms with van der Waals surface area (Å²) in [5.41, 5.74) is 0. The van der Waals surface area contributed by atoms with Crippen molar-refractivity contribution in [3.63, 3.8) is 0 Å². The van der Waals surface area contributed by atoms with Gasteiger partial charge in [-0.2, -0.15) is 0 Å². The Morgan fingerprint density at radius 1 is 0.500 bits per heavy atom. The summed E-state index contributed by atoms with van der Waals surface area (Å²) in [5, 5.41) is 0. The molecule has 0 saturated carbocycles. The van der Waals surface area contributed by atoms with E-state index in [4.69, 9.17) is 0 Å². The third kappa shape index (κ3) is 46.1. The molecule has 0 aliphatic rings. The van der Waals surface area contributed by atoms with Gasteiger partial charge < -0.3 is 54.0 Å². The fourth-order valence-corrected chi connectivity index (χ4v) is 0. The Morgan fingerprint density at radius 2 is 0.500 bits per heavy atom. The molecule has 0 unspecified atom stereocenters. The van der Waals surface area contributed by atoms with Crippen molar-refractivity contribution in [2.75, 3.05) is 0 Å². The fourth-order valence-electron chi connectivity index (χ4n) is 0. The average Bonchev–Trinajstić information content (AvgIpc) is 0. The zero-order chi connectivity index (χ0) is 0. The van der Waals surface area contributed by atoms with Gasteiger partial charge in [0.2, 0.25) is 0 Å². The summed E-state index contributed by atoms with van der Waals surface area (Å²) in [4.78, 5) is 0. The number of hydrogen-bond donors (Lipinski definition) is 0. The van der Waals surface area contributed by atoms with Crippen molar-refractivity contribution in [1.29, 1.82) is 0 Å². The summed E-state index contributed by atoms with van der Waals surface area (Å²) in [6, 6.07) is 0. The van der Waals surface area contributed by atoms with Crippen molar-refractivity contribution < 1.29 is 37.7 Å². The molecule has 0 rings (SSSR count). The minimum atomic E-state index is 0. The second-order valence-electron chi connectivity index (χ2n) is 0. The van der Waals surface area contributed by atoms with Gasteiger partial charge in [-0.25, -0.2) is 0 Å². The van der Waals surface area contributed by atoms with Gasteiger partial charge in [0.1, 0.15) is 0 Å². The van der Waals surface area contributed by atoms with Crippen LogP contribution in [0.1, 0.15) is 0 Å². The van der Waals surface area contributed by atoms with Gasteiger partial charge in [-0.15, -0.1) is 0 Å². The quantitative estimate of drug-likeness (QED) is 0.248. The number of hydrogen-bond acceptors (Lipinski definition) is 4. The molecule has 0 aliphatic heterocycles. The number of thiol groups is 4. The molecule has 0 nitrogen and oxygen atoms in total. The molecule has 0 bridgehead atoms. The van der Waals surface area contributed by atoms with Gasteiger partial charge in [-0.1, -0.05) is 0 Å². The van der Waals surface area contributed by atoms with Gasteiger partial charge in [0, 0.05) is 17.6 Å². The standard InChI is InChI=1S/Ge.2Li.4H2S.Sr/h;;;4*1H2;/q;2*+1;;;;;+2/p-4. The van der Waals surface area contributed by atoms with Crippen molar-refractivity contribution in [2.24, 2.45) is 0 Å². The summed E-state index contributed by atoms with van der Waals surface area (Å²) >= 11 is 0. The second-order valence-corrected chi connectivity index (χ2v) is 0. The molecule has 0 saturated heterocycles. The normalized spacial score (nSPS) is 0. The van der Waals surface area contributed by atoms with E-state index in [0.29, 0.717) is 0 Å². The maximum Gasteiger partial charge on any atom is 2.00 e. The van der Waals surface area contributed by atoms with Crippen molar-refractivity contribution in [3.05, 3.63) is 0 Å². The van der Waals surface area contributed by atoms with E-state index in [0.717, 1.165) is 0 Å². The summed E-state index contributed by atoms with van der Waals surface area (Å²) in [7, 11) is 0. The van der Waals surface area contributed by atoms with Crippen LogP contribution in [0.2, 0.25) is 0 Å². The van der Waals surface area contributed by atoms with Crippen LogP contribution < -0.4 is 37.7 Å². The summed E-state index contributed by atoms with van der Waals surface area (Å²) < 4.78 is 0. The predicted molar refractivity (Wildman–Crippen MR) is 46.5 cm³/mol. The van der Waals surface area contributed by atoms with Gasteiger partial charge in [-0.05, 0) is 0 Å². The Bertz CT molecular complexity index is 14.0. The number of rotatable bonds is 0. The van der Waals surface area contributed by atoms with Crippen molar-refractivity contribution >= 4 is 117 Å². The summed E-state index contributed by atoms with van der Waals surface area (Å²) in [6.07, 6.45) is 0. The zero-order valence-electron chi connectivity index (χ0n) is 5.00. The molecule has 0 atom stereocenters. The van der Waals surface area contributed by atoms with Crippen LogP contribution in [0.4, 0.5) is 0 Å². The predicted octanol–water partition coefficient (Wildman–Crippen LogP) is -7.83. The summed E-state index contributed by atoms with van der Waals surface area (Å²) in [6.45, 7) is 0. The van der Waals surface area contributed by atoms with Gasteiger partial charge in [0.05, 0.1) is 0 Å². The average molecular weight is 306 g/mol. The van der Waals surface area contributed by atoms with E-state index in [-0.39, 0.29) is 155 Å². The van der Waals surface area contributed by atoms with Crippen LogP contribution in [0.5, 0.6) is 0 Å². The van der Waals surface area contributed by atoms with Crippen LogP contribution in [-0.2, 0) is 54.0 Å². The van der Waals surface area contributed by atoms with Gasteiger partial charge in [-0.3, -0.25) is 0 Å². The molecular weight excluding hydrogens is 302 g/mol. The zero-order valence-corrected chi connectivity index (χ0v) is 14.1. The molecule has 0 amide bonds. The van der Waals surface area contributed by atoms with Crippen LogP contribution in [0.15, 0.2) is 0 Å². The van der Waals surface area contributed by atoms with Crippen LogP contribution in [0.3, 0.4) is 0 Å². The third-order valence-electron chi connectivity index (χ3n) is 0. The second kappa shape index (κ2) is 61.4. The maximum absolute atomic E-state index is 0. The fraction of sp³-hybridized carbons (Fsp3) is 0. The van der Waals surface area contributed by atoms with E-state index in [1.165, 1.54) is 0 Å². The molecule has 0 aromatic carbocycles. The SMILES string of the molecule is [Ge].[Li+].[Li+].[SH-].[SH-].[SH-].[SH-].[Sr+2]. The molecule has 0 spiro atoms. The Balaban J connectivity index is 0. The first-order chi connectivity index (χ1) is 0. The van der Waals surface area contributed by atoms with Crippen molar-refractivity contribution in [3.8, 4) is 0 Å². The largest absolute Gasteiger partial charge is 2.00 e. The van der Waals surface area contributed by atoms with Gasteiger partial charge in [0.15, 0.2) is 0 Å². The Morgan fingerprint density at radius 3 is 0.500 bits per heavy atom. The van der Waals surface area contributed by atoms with Crippen molar-refractivity contribution in [2.45, 2.75) is 0 Å². The monoisotopic (exact) mass is 308 g/mol. The Kier molecular flexibility index (Phi) is 613. The first-order valence-corrected chi connectivity index (χ1v) is 0. The first-order valence-electron chi connectivity index (χ1n) is 0. The van der Waals surface area contributed by atoms with E-state index in [2.05, 4.69) is 0 Å². The van der Waals surface area contributed by atoms with E-state index >= 15 is 0 Å². The van der Waals surface area contributed by atoms with Crippen molar-refractivity contribution in [1.82, 2.24) is 0 Å². The minimum Gasteiger partial charge on any atom is -0.813 e. The molecular formula is H4GeLi2S4Sr. The molecule has 0 aromatic rings. The molecule has 0 aliphatic carbocycles. The minimum absolute atomic E-state index is 0. The molecule has 36 valence electrons. The first kappa shape index (κ1) is 79.9. The van der Waals surface area contributed by atoms with E-state index < -0.39 is 0 Å². The molecule has 0 aromatic heterocycles. The Hall–Kier alpha value is 4.62. The van der Waals surface area contributed by atoms with Crippen LogP contribution in [0.25, 0.3) is 0 Å². The molecule has 8 heavy (non-hydrogen) atoms. The van der Waals surface area contributed by atoms with Gasteiger partial charge >= 0.3 is 83.2 Å². The molecule has 4 radical (unpaired) electrons. The molecule has 0 heterocycles. The van der Waals surface area contributed by atoms with Crippen LogP contribution >= 0.6 is 0 Å². The molecule has 0 fully saturated rings. The maximum atomic E-state index is 0.